The summed E-state index contributed by atoms with van der Waals surface area (Å²) in [7, 11) is 0. The molecule has 1 unspecified atom stereocenters. The Morgan fingerprint density at radius 1 is 0.364 bits per heavy atom. The molecule has 0 radical (unpaired) electrons. The van der Waals surface area contributed by atoms with Crippen LogP contribution in [0.15, 0.2) is 216 Å². The molecule has 1 atom stereocenters. The van der Waals surface area contributed by atoms with Crippen molar-refractivity contribution in [2.45, 2.75) is 12.5 Å². The molecule has 3 heteroatoms. The molecular formula is C52H37N3. The van der Waals surface area contributed by atoms with Gasteiger partial charge < -0.3 is 4.57 Å². The molecule has 0 saturated heterocycles. The molecule has 2 heterocycles. The van der Waals surface area contributed by atoms with Crippen molar-refractivity contribution in [2.24, 2.45) is 9.98 Å². The molecule has 0 amide bonds. The maximum Gasteiger partial charge on any atom is 0.155 e. The first kappa shape index (κ1) is 32.5. The van der Waals surface area contributed by atoms with Crippen molar-refractivity contribution in [2.75, 3.05) is 0 Å². The molecule has 0 saturated carbocycles. The highest BCUT2D eigenvalue weighted by Gasteiger charge is 2.22. The first-order valence-corrected chi connectivity index (χ1v) is 18.9. The normalized spacial score (nSPS) is 14.1. The standard InChI is InChI=1S/C52H37N3/c1-3-11-36(12-4-1)38-19-25-42(26-20-38)48-35-49(54-52(53-48)44-29-23-39(24-30-44)37-13-5-2-6-14-37)43-27-21-40(22-28-43)41-31-33-45(34-32-41)55-50-17-9-7-15-46(50)47-16-8-10-18-51(47)55/h1-34,49H,35H2. The van der Waals surface area contributed by atoms with Crippen molar-refractivity contribution in [3.8, 4) is 39.1 Å². The van der Waals surface area contributed by atoms with E-state index < -0.39 is 0 Å². The Kier molecular flexibility index (Phi) is 8.31. The van der Waals surface area contributed by atoms with Gasteiger partial charge in [-0.1, -0.05) is 182 Å². The van der Waals surface area contributed by atoms with Gasteiger partial charge >= 0.3 is 0 Å². The third-order valence-corrected chi connectivity index (χ3v) is 10.8. The van der Waals surface area contributed by atoms with Gasteiger partial charge in [-0.15, -0.1) is 0 Å². The molecule has 0 fully saturated rings. The molecule has 260 valence electrons. The van der Waals surface area contributed by atoms with Crippen LogP contribution in [0.5, 0.6) is 0 Å². The minimum absolute atomic E-state index is 0.0585. The SMILES string of the molecule is c1ccc(-c2ccc(C3=NC(c4ccc(-c5ccccc5)cc4)=NC(c4ccc(-c5ccc(-n6c7ccccc7c7ccccc76)cc5)cc4)C3)cc2)cc1. The first-order valence-electron chi connectivity index (χ1n) is 18.9. The summed E-state index contributed by atoms with van der Waals surface area (Å²) in [5.74, 6) is 0.766. The van der Waals surface area contributed by atoms with Crippen LogP contribution >= 0.6 is 0 Å². The third-order valence-electron chi connectivity index (χ3n) is 10.8. The Morgan fingerprint density at radius 3 is 1.29 bits per heavy atom. The van der Waals surface area contributed by atoms with Crippen molar-refractivity contribution in [3.05, 3.63) is 223 Å². The van der Waals surface area contributed by atoms with E-state index in [-0.39, 0.29) is 6.04 Å². The van der Waals surface area contributed by atoms with E-state index in [9.17, 15) is 0 Å². The number of para-hydroxylation sites is 2. The average Bonchev–Trinajstić information content (AvgIpc) is 3.61. The van der Waals surface area contributed by atoms with E-state index >= 15 is 0 Å². The van der Waals surface area contributed by atoms with Gasteiger partial charge in [0.25, 0.3) is 0 Å². The quantitative estimate of drug-likeness (QED) is 0.158. The van der Waals surface area contributed by atoms with Crippen LogP contribution in [0.3, 0.4) is 0 Å². The zero-order valence-electron chi connectivity index (χ0n) is 30.3. The molecule has 9 aromatic rings. The van der Waals surface area contributed by atoms with Gasteiger partial charge in [0.2, 0.25) is 0 Å². The molecular weight excluding hydrogens is 667 g/mol. The molecule has 3 nitrogen and oxygen atoms in total. The maximum atomic E-state index is 5.28. The van der Waals surface area contributed by atoms with E-state index in [2.05, 4.69) is 205 Å². The highest BCUT2D eigenvalue weighted by Crippen LogP contribution is 2.35. The second kappa shape index (κ2) is 14.0. The Labute approximate surface area is 321 Å². The van der Waals surface area contributed by atoms with Gasteiger partial charge in [-0.3, -0.25) is 4.99 Å². The first-order chi connectivity index (χ1) is 27.2. The van der Waals surface area contributed by atoms with Gasteiger partial charge in [0.05, 0.1) is 22.8 Å². The molecule has 1 aliphatic heterocycles. The van der Waals surface area contributed by atoms with Gasteiger partial charge in [0, 0.05) is 28.4 Å². The summed E-state index contributed by atoms with van der Waals surface area (Å²) in [4.78, 5) is 10.5. The lowest BCUT2D eigenvalue weighted by atomic mass is 9.93. The summed E-state index contributed by atoms with van der Waals surface area (Å²) in [5, 5.41) is 2.54. The molecule has 10 rings (SSSR count). The van der Waals surface area contributed by atoms with Gasteiger partial charge in [-0.2, -0.15) is 0 Å². The summed E-state index contributed by atoms with van der Waals surface area (Å²) < 4.78 is 2.36. The minimum Gasteiger partial charge on any atom is -0.309 e. The van der Waals surface area contributed by atoms with Crippen LogP contribution in [0.1, 0.15) is 29.2 Å². The fourth-order valence-electron chi connectivity index (χ4n) is 7.92. The van der Waals surface area contributed by atoms with E-state index in [1.165, 1.54) is 60.8 Å². The molecule has 0 aliphatic carbocycles. The fourth-order valence-corrected chi connectivity index (χ4v) is 7.92. The number of hydrogen-bond donors (Lipinski definition) is 0. The smallest absolute Gasteiger partial charge is 0.155 e. The van der Waals surface area contributed by atoms with Crippen molar-refractivity contribution in [3.63, 3.8) is 0 Å². The van der Waals surface area contributed by atoms with Gasteiger partial charge in [-0.25, -0.2) is 4.99 Å². The predicted molar refractivity (Wildman–Crippen MR) is 230 cm³/mol. The zero-order chi connectivity index (χ0) is 36.6. The van der Waals surface area contributed by atoms with E-state index in [0.29, 0.717) is 0 Å². The number of aliphatic imine (C=N–C) groups is 2. The van der Waals surface area contributed by atoms with Crippen molar-refractivity contribution < 1.29 is 0 Å². The van der Waals surface area contributed by atoms with Gasteiger partial charge in [0.15, 0.2) is 5.84 Å². The van der Waals surface area contributed by atoms with Crippen molar-refractivity contribution in [1.29, 1.82) is 0 Å². The lowest BCUT2D eigenvalue weighted by Crippen LogP contribution is -2.17. The van der Waals surface area contributed by atoms with Gasteiger partial charge in [-0.05, 0) is 68.8 Å². The number of fused-ring (bicyclic) bond motifs is 3. The number of hydrogen-bond acceptors (Lipinski definition) is 2. The van der Waals surface area contributed by atoms with Crippen LogP contribution in [0.2, 0.25) is 0 Å². The molecule has 0 N–H and O–H groups in total. The monoisotopic (exact) mass is 703 g/mol. The Hall–Kier alpha value is -7.10. The molecule has 1 aliphatic rings. The summed E-state index contributed by atoms with van der Waals surface area (Å²) in [6, 6.07) is 73.5. The topological polar surface area (TPSA) is 29.6 Å². The highest BCUT2D eigenvalue weighted by atomic mass is 15.0. The van der Waals surface area contributed by atoms with Gasteiger partial charge in [0.1, 0.15) is 0 Å². The second-order valence-corrected chi connectivity index (χ2v) is 14.2. The number of rotatable bonds is 7. The summed E-state index contributed by atoms with van der Waals surface area (Å²) in [6.45, 7) is 0. The molecule has 0 spiro atoms. The van der Waals surface area contributed by atoms with Crippen LogP contribution in [-0.4, -0.2) is 16.1 Å². The van der Waals surface area contributed by atoms with E-state index in [1.807, 2.05) is 6.07 Å². The number of amidine groups is 1. The largest absolute Gasteiger partial charge is 0.309 e. The Bertz CT molecular complexity index is 2780. The van der Waals surface area contributed by atoms with Crippen molar-refractivity contribution in [1.82, 2.24) is 4.57 Å². The predicted octanol–water partition coefficient (Wildman–Crippen LogP) is 13.2. The summed E-state index contributed by atoms with van der Waals surface area (Å²) in [5.41, 5.74) is 15.1. The lowest BCUT2D eigenvalue weighted by Gasteiger charge is -2.22. The molecule has 8 aromatic carbocycles. The lowest BCUT2D eigenvalue weighted by molar-refractivity contribution is 0.754. The average molecular weight is 704 g/mol. The van der Waals surface area contributed by atoms with Crippen molar-refractivity contribution >= 4 is 33.4 Å². The summed E-state index contributed by atoms with van der Waals surface area (Å²) >= 11 is 0. The zero-order valence-corrected chi connectivity index (χ0v) is 30.3. The van der Waals surface area contributed by atoms with Crippen LogP contribution < -0.4 is 0 Å². The highest BCUT2D eigenvalue weighted by molar-refractivity contribution is 6.14. The molecule has 55 heavy (non-hydrogen) atoms. The Morgan fingerprint density at radius 2 is 0.764 bits per heavy atom. The van der Waals surface area contributed by atoms with Crippen LogP contribution in [0.4, 0.5) is 0 Å². The number of aromatic nitrogens is 1. The summed E-state index contributed by atoms with van der Waals surface area (Å²) in [6.07, 6.45) is 0.725. The maximum absolute atomic E-state index is 5.28. The third kappa shape index (κ3) is 6.26. The number of nitrogens with zero attached hydrogens (tertiary/aromatic N) is 3. The number of benzene rings is 8. The molecule has 0 bridgehead atoms. The van der Waals surface area contributed by atoms with E-state index in [4.69, 9.17) is 9.98 Å². The van der Waals surface area contributed by atoms with Crippen LogP contribution in [0, 0.1) is 0 Å². The van der Waals surface area contributed by atoms with Crippen LogP contribution in [-0.2, 0) is 0 Å². The molecule has 1 aromatic heterocycles. The minimum atomic E-state index is -0.0585. The second-order valence-electron chi connectivity index (χ2n) is 14.2. The Balaban J connectivity index is 0.958. The van der Waals surface area contributed by atoms with E-state index in [0.717, 1.165) is 34.8 Å². The fraction of sp³-hybridized carbons (Fsp3) is 0.0385. The van der Waals surface area contributed by atoms with Crippen LogP contribution in [0.25, 0.3) is 60.9 Å². The van der Waals surface area contributed by atoms with E-state index in [1.54, 1.807) is 0 Å².